The predicted molar refractivity (Wildman–Crippen MR) is 168 cm³/mol. The van der Waals surface area contributed by atoms with E-state index in [0.29, 0.717) is 5.69 Å². The van der Waals surface area contributed by atoms with E-state index in [0.717, 1.165) is 23.2 Å². The maximum absolute atomic E-state index is 12.9. The van der Waals surface area contributed by atoms with Crippen LogP contribution in [0.5, 0.6) is 0 Å². The van der Waals surface area contributed by atoms with Gasteiger partial charge >= 0.3 is 12.1 Å². The molecular formula is C33H39N5O5. The van der Waals surface area contributed by atoms with Crippen LogP contribution in [-0.4, -0.2) is 51.6 Å². The molecule has 5 N–H and O–H groups in total. The first-order chi connectivity index (χ1) is 20.3. The highest BCUT2D eigenvalue weighted by atomic mass is 16.6. The fourth-order valence-electron chi connectivity index (χ4n) is 4.51. The molecule has 1 heterocycles. The van der Waals surface area contributed by atoms with Crippen LogP contribution in [0.25, 0.3) is 22.0 Å². The van der Waals surface area contributed by atoms with E-state index in [4.69, 9.17) is 4.74 Å². The average Bonchev–Trinajstić information content (AvgIpc) is 3.34. The smallest absolute Gasteiger partial charge is 0.408 e. The minimum Gasteiger partial charge on any atom is -0.444 e. The molecule has 3 aromatic carbocycles. The Kier molecular flexibility index (Phi) is 9.40. The van der Waals surface area contributed by atoms with Crippen LogP contribution in [-0.2, 0) is 16.1 Å². The molecule has 10 nitrogen and oxygen atoms in total. The van der Waals surface area contributed by atoms with Crippen molar-refractivity contribution in [1.82, 2.24) is 20.5 Å². The summed E-state index contributed by atoms with van der Waals surface area (Å²) >= 11 is 0. The van der Waals surface area contributed by atoms with Gasteiger partial charge in [0, 0.05) is 23.8 Å². The Morgan fingerprint density at radius 2 is 1.53 bits per heavy atom. The Balaban J connectivity index is 1.38. The van der Waals surface area contributed by atoms with Crippen molar-refractivity contribution in [3.05, 3.63) is 90.6 Å². The summed E-state index contributed by atoms with van der Waals surface area (Å²) < 4.78 is 7.42. The maximum atomic E-state index is 12.9. The van der Waals surface area contributed by atoms with Crippen LogP contribution >= 0.6 is 0 Å². The number of nitrogens with one attached hydrogen (secondary N) is 4. The van der Waals surface area contributed by atoms with Gasteiger partial charge in [-0.2, -0.15) is 0 Å². The van der Waals surface area contributed by atoms with E-state index in [9.17, 15) is 19.5 Å². The monoisotopic (exact) mass is 585 g/mol. The number of carbonyl (C=O) groups is 3. The van der Waals surface area contributed by atoms with Gasteiger partial charge in [-0.1, -0.05) is 60.7 Å². The third kappa shape index (κ3) is 8.36. The van der Waals surface area contributed by atoms with Crippen LogP contribution in [0.3, 0.4) is 0 Å². The number of aliphatic hydroxyl groups is 1. The Bertz CT molecular complexity index is 1590. The van der Waals surface area contributed by atoms with Gasteiger partial charge in [-0.3, -0.25) is 4.79 Å². The van der Waals surface area contributed by atoms with Crippen molar-refractivity contribution in [2.75, 3.05) is 11.9 Å². The van der Waals surface area contributed by atoms with E-state index in [-0.39, 0.29) is 0 Å². The molecule has 1 atom stereocenters. The molecule has 0 fully saturated rings. The number of urea groups is 1. The summed E-state index contributed by atoms with van der Waals surface area (Å²) in [5.74, 6) is -0.619. The molecule has 0 aliphatic rings. The lowest BCUT2D eigenvalue weighted by atomic mass is 10.0. The van der Waals surface area contributed by atoms with Gasteiger partial charge in [0.15, 0.2) is 0 Å². The van der Waals surface area contributed by atoms with Gasteiger partial charge in [-0.25, -0.2) is 9.59 Å². The minimum atomic E-state index is -1.37. The highest BCUT2D eigenvalue weighted by Crippen LogP contribution is 2.28. The molecule has 0 radical (unpaired) electrons. The molecule has 10 heteroatoms. The second-order valence-electron chi connectivity index (χ2n) is 11.8. The molecule has 1 aromatic heterocycles. The van der Waals surface area contributed by atoms with Crippen molar-refractivity contribution in [2.45, 2.75) is 58.5 Å². The highest BCUT2D eigenvalue weighted by molar-refractivity contribution is 5.95. The van der Waals surface area contributed by atoms with E-state index in [1.54, 1.807) is 32.9 Å². The first kappa shape index (κ1) is 31.1. The van der Waals surface area contributed by atoms with Crippen molar-refractivity contribution >= 4 is 34.6 Å². The van der Waals surface area contributed by atoms with Crippen molar-refractivity contribution < 1.29 is 24.2 Å². The van der Waals surface area contributed by atoms with Gasteiger partial charge in [0.05, 0.1) is 12.3 Å². The summed E-state index contributed by atoms with van der Waals surface area (Å²) in [5.41, 5.74) is 2.48. The largest absolute Gasteiger partial charge is 0.444 e. The number of aromatic nitrogens is 1. The third-order valence-corrected chi connectivity index (χ3v) is 6.65. The Hall–Kier alpha value is -4.83. The standard InChI is InChI=1S/C33H39N5O5/c1-32(2,3)43-31(42)37-33(4,5)29(40)35-28(21-39)36-30(41)34-26-12-8-7-11-25(26)23-16-14-22(15-17-23)20-38-19-18-24-10-6-9-13-27(24)38/h6-19,28,39H,20-21H2,1-5H3,(H,35,40)(H,37,42)(H2,34,36,41)/t28-/m1/s1. The number of benzene rings is 3. The molecule has 4 rings (SSSR count). The third-order valence-electron chi connectivity index (χ3n) is 6.65. The minimum absolute atomic E-state index is 0.555. The number of para-hydroxylation sites is 2. The molecule has 0 unspecified atom stereocenters. The van der Waals surface area contributed by atoms with Crippen molar-refractivity contribution in [3.63, 3.8) is 0 Å². The second-order valence-corrected chi connectivity index (χ2v) is 11.8. The summed E-state index contributed by atoms with van der Waals surface area (Å²) in [7, 11) is 0. The number of carbonyl (C=O) groups excluding carboxylic acids is 3. The number of anilines is 1. The molecule has 226 valence electrons. The van der Waals surface area contributed by atoms with Crippen molar-refractivity contribution in [3.8, 4) is 11.1 Å². The lowest BCUT2D eigenvalue weighted by Gasteiger charge is -2.29. The summed E-state index contributed by atoms with van der Waals surface area (Å²) in [4.78, 5) is 37.9. The number of hydrogen-bond donors (Lipinski definition) is 5. The predicted octanol–water partition coefficient (Wildman–Crippen LogP) is 5.22. The van der Waals surface area contributed by atoms with Crippen LogP contribution in [0.1, 0.15) is 40.2 Å². The number of alkyl carbamates (subject to hydrolysis) is 1. The second kappa shape index (κ2) is 13.0. The van der Waals surface area contributed by atoms with Gasteiger partial charge in [0.2, 0.25) is 5.91 Å². The molecule has 4 aromatic rings. The average molecular weight is 586 g/mol. The zero-order chi connectivity index (χ0) is 31.2. The molecule has 0 aliphatic carbocycles. The number of nitrogens with zero attached hydrogens (tertiary/aromatic N) is 1. The zero-order valence-electron chi connectivity index (χ0n) is 25.1. The number of amides is 4. The first-order valence-corrected chi connectivity index (χ1v) is 14.1. The lowest BCUT2D eigenvalue weighted by Crippen LogP contribution is -2.61. The number of rotatable bonds is 9. The topological polar surface area (TPSA) is 134 Å². The number of hydrogen-bond acceptors (Lipinski definition) is 5. The lowest BCUT2D eigenvalue weighted by molar-refractivity contribution is -0.127. The fraction of sp³-hybridized carbons (Fsp3) is 0.303. The molecule has 0 spiro atoms. The van der Waals surface area contributed by atoms with E-state index >= 15 is 0 Å². The Morgan fingerprint density at radius 1 is 0.860 bits per heavy atom. The van der Waals surface area contributed by atoms with Crippen LogP contribution in [0.2, 0.25) is 0 Å². The molecular weight excluding hydrogens is 546 g/mol. The van der Waals surface area contributed by atoms with Gasteiger partial charge < -0.3 is 35.7 Å². The van der Waals surface area contributed by atoms with Crippen molar-refractivity contribution in [1.29, 1.82) is 0 Å². The van der Waals surface area contributed by atoms with E-state index in [1.807, 2.05) is 36.4 Å². The number of ether oxygens (including phenoxy) is 1. The number of aliphatic hydroxyl groups excluding tert-OH is 1. The summed E-state index contributed by atoms with van der Waals surface area (Å²) in [6.45, 7) is 8.28. The van der Waals surface area contributed by atoms with Gasteiger partial charge in [-0.15, -0.1) is 0 Å². The van der Waals surface area contributed by atoms with E-state index in [1.165, 1.54) is 24.8 Å². The molecule has 4 amide bonds. The number of fused-ring (bicyclic) bond motifs is 1. The zero-order valence-corrected chi connectivity index (χ0v) is 25.1. The summed E-state index contributed by atoms with van der Waals surface area (Å²) in [6.07, 6.45) is 0.210. The van der Waals surface area contributed by atoms with Crippen molar-refractivity contribution in [2.24, 2.45) is 0 Å². The maximum Gasteiger partial charge on any atom is 0.408 e. The van der Waals surface area contributed by atoms with Gasteiger partial charge in [-0.05, 0) is 69.3 Å². The highest BCUT2D eigenvalue weighted by Gasteiger charge is 2.33. The van der Waals surface area contributed by atoms with Crippen LogP contribution in [0.4, 0.5) is 15.3 Å². The normalized spacial score (nSPS) is 12.3. The van der Waals surface area contributed by atoms with Crippen LogP contribution in [0, 0.1) is 0 Å². The Labute approximate surface area is 251 Å². The van der Waals surface area contributed by atoms with Crippen LogP contribution < -0.4 is 21.3 Å². The SMILES string of the molecule is CC(C)(C)OC(=O)NC(C)(C)C(=O)N[C@@H](CO)NC(=O)Nc1ccccc1-c1ccc(Cn2ccc3ccccc32)cc1. The van der Waals surface area contributed by atoms with Crippen LogP contribution in [0.15, 0.2) is 85.1 Å². The first-order valence-electron chi connectivity index (χ1n) is 14.1. The quantitative estimate of drug-likeness (QED) is 0.172. The van der Waals surface area contributed by atoms with E-state index in [2.05, 4.69) is 62.4 Å². The molecule has 0 aliphatic heterocycles. The van der Waals surface area contributed by atoms with Gasteiger partial charge in [0.1, 0.15) is 17.3 Å². The molecule has 0 bridgehead atoms. The molecule has 0 saturated heterocycles. The summed E-state index contributed by atoms with van der Waals surface area (Å²) in [6, 6.07) is 25.2. The van der Waals surface area contributed by atoms with Gasteiger partial charge in [0.25, 0.3) is 0 Å². The molecule has 0 saturated carbocycles. The van der Waals surface area contributed by atoms with E-state index < -0.39 is 41.9 Å². The Morgan fingerprint density at radius 3 is 2.23 bits per heavy atom. The summed E-state index contributed by atoms with van der Waals surface area (Å²) in [5, 5.41) is 21.4. The molecule has 43 heavy (non-hydrogen) atoms. The fourth-order valence-corrected chi connectivity index (χ4v) is 4.51.